The number of halogens is 1. The van der Waals surface area contributed by atoms with Gasteiger partial charge in [-0.25, -0.2) is 4.98 Å². The number of aromatic nitrogens is 1. The molecule has 0 atom stereocenters. The van der Waals surface area contributed by atoms with E-state index in [0.29, 0.717) is 22.8 Å². The number of rotatable bonds is 5. The van der Waals surface area contributed by atoms with Crippen molar-refractivity contribution in [3.63, 3.8) is 0 Å². The molecule has 3 rings (SSSR count). The molecule has 0 aliphatic heterocycles. The molecule has 0 saturated heterocycles. The number of hydrogen-bond donors (Lipinski definition) is 1. The fourth-order valence-electron chi connectivity index (χ4n) is 2.58. The van der Waals surface area contributed by atoms with Crippen LogP contribution >= 0.6 is 11.6 Å². The third-order valence-corrected chi connectivity index (χ3v) is 4.50. The van der Waals surface area contributed by atoms with Crippen LogP contribution in [0.5, 0.6) is 0 Å². The molecule has 0 aliphatic rings. The minimum absolute atomic E-state index is 0.193. The zero-order valence-corrected chi connectivity index (χ0v) is 15.5. The van der Waals surface area contributed by atoms with E-state index in [9.17, 15) is 4.79 Å². The molecule has 1 heterocycles. The number of anilines is 2. The predicted octanol–water partition coefficient (Wildman–Crippen LogP) is 4.93. The molecule has 1 aromatic heterocycles. The molecule has 2 aromatic carbocycles. The van der Waals surface area contributed by atoms with E-state index >= 15 is 0 Å². The van der Waals surface area contributed by atoms with Crippen molar-refractivity contribution in [2.24, 2.45) is 0 Å². The van der Waals surface area contributed by atoms with Crippen molar-refractivity contribution in [3.05, 3.63) is 88.6 Å². The number of amides is 1. The van der Waals surface area contributed by atoms with Crippen molar-refractivity contribution in [2.45, 2.75) is 13.5 Å². The molecular weight excluding hydrogens is 346 g/mol. The van der Waals surface area contributed by atoms with Crippen LogP contribution in [0.2, 0.25) is 5.02 Å². The first kappa shape index (κ1) is 18.0. The molecule has 0 bridgehead atoms. The maximum atomic E-state index is 12.5. The lowest BCUT2D eigenvalue weighted by Gasteiger charge is -2.18. The molecule has 0 aliphatic carbocycles. The van der Waals surface area contributed by atoms with Gasteiger partial charge in [0, 0.05) is 36.1 Å². The Morgan fingerprint density at radius 1 is 1.12 bits per heavy atom. The summed E-state index contributed by atoms with van der Waals surface area (Å²) < 4.78 is 0. The van der Waals surface area contributed by atoms with Gasteiger partial charge in [0.05, 0.1) is 0 Å². The van der Waals surface area contributed by atoms with Gasteiger partial charge in [-0.1, -0.05) is 48.0 Å². The Kier molecular flexibility index (Phi) is 5.54. The third kappa shape index (κ3) is 4.41. The van der Waals surface area contributed by atoms with E-state index < -0.39 is 0 Å². The molecule has 0 saturated carbocycles. The number of pyridine rings is 1. The average Bonchev–Trinajstić information content (AvgIpc) is 2.65. The van der Waals surface area contributed by atoms with Crippen LogP contribution in [0.15, 0.2) is 66.9 Å². The zero-order chi connectivity index (χ0) is 18.5. The lowest BCUT2D eigenvalue weighted by molar-refractivity contribution is 0.102. The second-order valence-corrected chi connectivity index (χ2v) is 6.57. The zero-order valence-electron chi connectivity index (χ0n) is 14.7. The Morgan fingerprint density at radius 2 is 1.88 bits per heavy atom. The standard InChI is InChI=1S/C21H20ClN3O/c1-15-8-9-18(13-19(15)22)24-21(26)17-10-11-23-20(12-17)25(2)14-16-6-4-3-5-7-16/h3-13H,14H2,1-2H3,(H,24,26). The summed E-state index contributed by atoms with van der Waals surface area (Å²) in [5.41, 5.74) is 3.37. The molecule has 0 fully saturated rings. The molecule has 1 amide bonds. The van der Waals surface area contributed by atoms with Crippen molar-refractivity contribution in [1.29, 1.82) is 0 Å². The molecule has 4 nitrogen and oxygen atoms in total. The summed E-state index contributed by atoms with van der Waals surface area (Å²) in [6, 6.07) is 19.1. The van der Waals surface area contributed by atoms with Crippen LogP contribution < -0.4 is 10.2 Å². The number of carbonyl (C=O) groups excluding carboxylic acids is 1. The summed E-state index contributed by atoms with van der Waals surface area (Å²) in [6.45, 7) is 2.64. The fraction of sp³-hybridized carbons (Fsp3) is 0.143. The summed E-state index contributed by atoms with van der Waals surface area (Å²) >= 11 is 6.12. The number of carbonyl (C=O) groups is 1. The molecular formula is C21H20ClN3O. The number of nitrogens with zero attached hydrogens (tertiary/aromatic N) is 2. The van der Waals surface area contributed by atoms with Crippen LogP contribution in [0.25, 0.3) is 0 Å². The highest BCUT2D eigenvalue weighted by atomic mass is 35.5. The van der Waals surface area contributed by atoms with Gasteiger partial charge < -0.3 is 10.2 Å². The van der Waals surface area contributed by atoms with Crippen LogP contribution in [-0.2, 0) is 6.54 Å². The minimum Gasteiger partial charge on any atom is -0.355 e. The van der Waals surface area contributed by atoms with Gasteiger partial charge in [0.15, 0.2) is 0 Å². The fourth-order valence-corrected chi connectivity index (χ4v) is 2.76. The van der Waals surface area contributed by atoms with Crippen LogP contribution in [-0.4, -0.2) is 17.9 Å². The average molecular weight is 366 g/mol. The number of benzene rings is 2. The molecule has 0 spiro atoms. The first-order valence-electron chi connectivity index (χ1n) is 8.31. The maximum Gasteiger partial charge on any atom is 0.255 e. The summed E-state index contributed by atoms with van der Waals surface area (Å²) in [6.07, 6.45) is 1.65. The quantitative estimate of drug-likeness (QED) is 0.697. The van der Waals surface area contributed by atoms with Gasteiger partial charge >= 0.3 is 0 Å². The summed E-state index contributed by atoms with van der Waals surface area (Å²) in [5.74, 6) is 0.546. The van der Waals surface area contributed by atoms with Crippen molar-refractivity contribution in [2.75, 3.05) is 17.3 Å². The van der Waals surface area contributed by atoms with E-state index in [1.54, 1.807) is 24.4 Å². The van der Waals surface area contributed by atoms with Crippen molar-refractivity contribution >= 4 is 29.0 Å². The summed E-state index contributed by atoms with van der Waals surface area (Å²) in [7, 11) is 1.96. The largest absolute Gasteiger partial charge is 0.355 e. The Morgan fingerprint density at radius 3 is 2.62 bits per heavy atom. The van der Waals surface area contributed by atoms with Crippen molar-refractivity contribution in [1.82, 2.24) is 4.98 Å². The van der Waals surface area contributed by atoms with Gasteiger partial charge in [-0.05, 0) is 42.3 Å². The Labute approximate surface area is 158 Å². The van der Waals surface area contributed by atoms with Gasteiger partial charge in [0.25, 0.3) is 5.91 Å². The SMILES string of the molecule is Cc1ccc(NC(=O)c2ccnc(N(C)Cc3ccccc3)c2)cc1Cl. The van der Waals surface area contributed by atoms with Crippen molar-refractivity contribution < 1.29 is 4.79 Å². The normalized spacial score (nSPS) is 10.4. The topological polar surface area (TPSA) is 45.2 Å². The number of aryl methyl sites for hydroxylation is 1. The summed E-state index contributed by atoms with van der Waals surface area (Å²) in [5, 5.41) is 3.50. The molecule has 26 heavy (non-hydrogen) atoms. The molecule has 5 heteroatoms. The second kappa shape index (κ2) is 8.02. The van der Waals surface area contributed by atoms with Gasteiger partial charge in [-0.3, -0.25) is 4.79 Å². The van der Waals surface area contributed by atoms with Crippen LogP contribution in [0, 0.1) is 6.92 Å². The minimum atomic E-state index is -0.193. The van der Waals surface area contributed by atoms with Gasteiger partial charge in [-0.15, -0.1) is 0 Å². The van der Waals surface area contributed by atoms with E-state index in [2.05, 4.69) is 22.4 Å². The van der Waals surface area contributed by atoms with E-state index in [4.69, 9.17) is 11.6 Å². The van der Waals surface area contributed by atoms with E-state index in [1.165, 1.54) is 5.56 Å². The smallest absolute Gasteiger partial charge is 0.255 e. The second-order valence-electron chi connectivity index (χ2n) is 6.16. The first-order chi connectivity index (χ1) is 12.5. The van der Waals surface area contributed by atoms with E-state index in [-0.39, 0.29) is 5.91 Å². The highest BCUT2D eigenvalue weighted by Crippen LogP contribution is 2.21. The number of hydrogen-bond acceptors (Lipinski definition) is 3. The lowest BCUT2D eigenvalue weighted by atomic mass is 10.2. The van der Waals surface area contributed by atoms with Crippen LogP contribution in [0.4, 0.5) is 11.5 Å². The monoisotopic (exact) mass is 365 g/mol. The van der Waals surface area contributed by atoms with E-state index in [1.807, 2.05) is 49.2 Å². The van der Waals surface area contributed by atoms with Crippen molar-refractivity contribution in [3.8, 4) is 0 Å². The van der Waals surface area contributed by atoms with Gasteiger partial charge in [0.2, 0.25) is 0 Å². The van der Waals surface area contributed by atoms with Crippen LogP contribution in [0.1, 0.15) is 21.5 Å². The molecule has 0 unspecified atom stereocenters. The van der Waals surface area contributed by atoms with Crippen LogP contribution in [0.3, 0.4) is 0 Å². The molecule has 132 valence electrons. The highest BCUT2D eigenvalue weighted by Gasteiger charge is 2.11. The Bertz CT molecular complexity index is 912. The van der Waals surface area contributed by atoms with Gasteiger partial charge in [0.1, 0.15) is 5.82 Å². The third-order valence-electron chi connectivity index (χ3n) is 4.09. The Balaban J connectivity index is 1.73. The molecule has 1 N–H and O–H groups in total. The lowest BCUT2D eigenvalue weighted by Crippen LogP contribution is -2.19. The van der Waals surface area contributed by atoms with E-state index in [0.717, 1.165) is 11.4 Å². The highest BCUT2D eigenvalue weighted by molar-refractivity contribution is 6.31. The summed E-state index contributed by atoms with van der Waals surface area (Å²) in [4.78, 5) is 18.9. The van der Waals surface area contributed by atoms with Gasteiger partial charge in [-0.2, -0.15) is 0 Å². The maximum absolute atomic E-state index is 12.5. The Hall–Kier alpha value is -2.85. The number of nitrogens with one attached hydrogen (secondary N) is 1. The molecule has 3 aromatic rings. The molecule has 0 radical (unpaired) electrons. The first-order valence-corrected chi connectivity index (χ1v) is 8.69. The predicted molar refractivity (Wildman–Crippen MR) is 107 cm³/mol.